The Labute approximate surface area is 193 Å². The third-order valence-electron chi connectivity index (χ3n) is 6.02. The lowest BCUT2D eigenvalue weighted by atomic mass is 10.1. The minimum atomic E-state index is -0.983. The SMILES string of the molecule is COc1ncc(C(CC(=O)O)N2CCN(CCCc3cccc(NCC4CC4)n3)C2=O)cn1. The Morgan fingerprint density at radius 1 is 1.27 bits per heavy atom. The topological polar surface area (TPSA) is 121 Å². The molecular formula is C23H30N6O4. The van der Waals surface area contributed by atoms with Crippen molar-refractivity contribution in [3.8, 4) is 6.01 Å². The second-order valence-corrected chi connectivity index (χ2v) is 8.52. The van der Waals surface area contributed by atoms with Crippen LogP contribution in [0.2, 0.25) is 0 Å². The molecule has 2 N–H and O–H groups in total. The fraction of sp³-hybridized carbons (Fsp3) is 0.522. The van der Waals surface area contributed by atoms with E-state index in [1.54, 1.807) is 9.80 Å². The zero-order valence-corrected chi connectivity index (χ0v) is 18.8. The van der Waals surface area contributed by atoms with Crippen LogP contribution in [0.15, 0.2) is 30.6 Å². The number of amides is 2. The number of nitrogens with one attached hydrogen (secondary N) is 1. The Bertz CT molecular complexity index is 966. The van der Waals surface area contributed by atoms with Crippen molar-refractivity contribution >= 4 is 17.8 Å². The van der Waals surface area contributed by atoms with E-state index in [9.17, 15) is 14.7 Å². The summed E-state index contributed by atoms with van der Waals surface area (Å²) in [5, 5.41) is 12.8. The molecule has 33 heavy (non-hydrogen) atoms. The molecule has 3 heterocycles. The van der Waals surface area contributed by atoms with Gasteiger partial charge in [0.15, 0.2) is 0 Å². The highest BCUT2D eigenvalue weighted by Gasteiger charge is 2.35. The van der Waals surface area contributed by atoms with Crippen LogP contribution in [0.4, 0.5) is 10.6 Å². The van der Waals surface area contributed by atoms with Crippen LogP contribution in [0, 0.1) is 5.92 Å². The van der Waals surface area contributed by atoms with E-state index < -0.39 is 12.0 Å². The van der Waals surface area contributed by atoms with E-state index in [-0.39, 0.29) is 18.5 Å². The van der Waals surface area contributed by atoms with Gasteiger partial charge in [-0.25, -0.2) is 19.7 Å². The Morgan fingerprint density at radius 3 is 2.76 bits per heavy atom. The molecule has 2 aliphatic rings. The largest absolute Gasteiger partial charge is 0.481 e. The Kier molecular flexibility index (Phi) is 7.21. The van der Waals surface area contributed by atoms with Crippen LogP contribution in [0.3, 0.4) is 0 Å². The first-order chi connectivity index (χ1) is 16.0. The maximum atomic E-state index is 13.0. The van der Waals surface area contributed by atoms with Crippen molar-refractivity contribution in [2.75, 3.05) is 38.6 Å². The van der Waals surface area contributed by atoms with Gasteiger partial charge in [-0.1, -0.05) is 6.07 Å². The number of aryl methyl sites for hydroxylation is 1. The number of aromatic nitrogens is 3. The van der Waals surface area contributed by atoms with Crippen LogP contribution < -0.4 is 10.1 Å². The Balaban J connectivity index is 1.32. The second-order valence-electron chi connectivity index (χ2n) is 8.52. The molecule has 2 aromatic rings. The number of hydrogen-bond donors (Lipinski definition) is 2. The number of carboxylic acids is 1. The molecule has 1 atom stereocenters. The fourth-order valence-corrected chi connectivity index (χ4v) is 4.01. The average Bonchev–Trinajstić information content (AvgIpc) is 3.59. The third-order valence-corrected chi connectivity index (χ3v) is 6.02. The number of nitrogens with zero attached hydrogens (tertiary/aromatic N) is 5. The zero-order chi connectivity index (χ0) is 23.2. The van der Waals surface area contributed by atoms with Crippen molar-refractivity contribution in [2.45, 2.75) is 38.1 Å². The molecule has 176 valence electrons. The predicted molar refractivity (Wildman–Crippen MR) is 121 cm³/mol. The Morgan fingerprint density at radius 2 is 2.06 bits per heavy atom. The first kappa shape index (κ1) is 22.8. The number of aliphatic carboxylic acids is 1. The van der Waals surface area contributed by atoms with Gasteiger partial charge in [-0.2, -0.15) is 0 Å². The van der Waals surface area contributed by atoms with Crippen molar-refractivity contribution in [1.82, 2.24) is 24.8 Å². The number of ether oxygens (including phenoxy) is 1. The molecule has 4 rings (SSSR count). The van der Waals surface area contributed by atoms with Crippen molar-refractivity contribution in [3.05, 3.63) is 41.9 Å². The monoisotopic (exact) mass is 454 g/mol. The number of methoxy groups -OCH3 is 1. The molecule has 2 fully saturated rings. The van der Waals surface area contributed by atoms with Gasteiger partial charge in [-0.15, -0.1) is 0 Å². The van der Waals surface area contributed by atoms with Gasteiger partial charge < -0.3 is 25.0 Å². The number of carboxylic acid groups (broad SMARTS) is 1. The molecule has 2 amide bonds. The molecule has 1 unspecified atom stereocenters. The van der Waals surface area contributed by atoms with Gasteiger partial charge in [0.25, 0.3) is 0 Å². The predicted octanol–water partition coefficient (Wildman–Crippen LogP) is 2.59. The molecule has 0 spiro atoms. The normalized spacial score (nSPS) is 16.7. The standard InChI is InChI=1S/C23H30N6O4/c1-33-22-25-14-17(15-26-22)19(12-21(30)31)29-11-10-28(23(29)32)9-3-5-18-4-2-6-20(27-18)24-13-16-7-8-16/h2,4,6,14-16,19H,3,5,7-13H2,1H3,(H,24,27)(H,30,31). The first-order valence-electron chi connectivity index (χ1n) is 11.4. The molecule has 10 heteroatoms. The van der Waals surface area contributed by atoms with Gasteiger partial charge in [0.05, 0.1) is 19.6 Å². The number of carbonyl (C=O) groups is 2. The van der Waals surface area contributed by atoms with Gasteiger partial charge in [0.2, 0.25) is 0 Å². The van der Waals surface area contributed by atoms with Gasteiger partial charge in [-0.3, -0.25) is 4.79 Å². The highest BCUT2D eigenvalue weighted by atomic mass is 16.5. The van der Waals surface area contributed by atoms with Crippen molar-refractivity contribution in [1.29, 1.82) is 0 Å². The highest BCUT2D eigenvalue weighted by molar-refractivity contribution is 5.78. The van der Waals surface area contributed by atoms with Crippen LogP contribution in [-0.2, 0) is 11.2 Å². The minimum Gasteiger partial charge on any atom is -0.481 e. The van der Waals surface area contributed by atoms with E-state index >= 15 is 0 Å². The fourth-order valence-electron chi connectivity index (χ4n) is 4.01. The summed E-state index contributed by atoms with van der Waals surface area (Å²) in [6, 6.07) is 5.41. The number of carbonyl (C=O) groups excluding carboxylic acids is 1. The molecule has 1 saturated carbocycles. The van der Waals surface area contributed by atoms with Crippen molar-refractivity contribution in [2.24, 2.45) is 5.92 Å². The van der Waals surface area contributed by atoms with Gasteiger partial charge >= 0.3 is 18.0 Å². The highest BCUT2D eigenvalue weighted by Crippen LogP contribution is 2.29. The molecule has 0 radical (unpaired) electrons. The van der Waals surface area contributed by atoms with E-state index in [1.807, 2.05) is 18.2 Å². The van der Waals surface area contributed by atoms with Crippen LogP contribution in [0.25, 0.3) is 0 Å². The molecule has 1 saturated heterocycles. The lowest BCUT2D eigenvalue weighted by Crippen LogP contribution is -2.36. The van der Waals surface area contributed by atoms with Crippen molar-refractivity contribution in [3.63, 3.8) is 0 Å². The molecule has 0 aromatic carbocycles. The maximum Gasteiger partial charge on any atom is 0.320 e. The number of anilines is 1. The van der Waals surface area contributed by atoms with Crippen LogP contribution in [0.5, 0.6) is 6.01 Å². The number of hydrogen-bond acceptors (Lipinski definition) is 7. The summed E-state index contributed by atoms with van der Waals surface area (Å²) in [5.74, 6) is 0.707. The lowest BCUT2D eigenvalue weighted by molar-refractivity contribution is -0.138. The number of rotatable bonds is 12. The first-order valence-corrected chi connectivity index (χ1v) is 11.4. The van der Waals surface area contributed by atoms with Gasteiger partial charge in [-0.05, 0) is 43.7 Å². The van der Waals surface area contributed by atoms with Crippen LogP contribution >= 0.6 is 0 Å². The van der Waals surface area contributed by atoms with Crippen LogP contribution in [0.1, 0.15) is 43.0 Å². The van der Waals surface area contributed by atoms with E-state index in [1.165, 1.54) is 32.3 Å². The summed E-state index contributed by atoms with van der Waals surface area (Å²) in [6.07, 6.45) is 6.98. The summed E-state index contributed by atoms with van der Waals surface area (Å²) < 4.78 is 4.97. The summed E-state index contributed by atoms with van der Waals surface area (Å²) >= 11 is 0. The Hall–Kier alpha value is -3.43. The van der Waals surface area contributed by atoms with E-state index in [0.29, 0.717) is 25.2 Å². The maximum absolute atomic E-state index is 13.0. The zero-order valence-electron chi connectivity index (χ0n) is 18.8. The van der Waals surface area contributed by atoms with Crippen LogP contribution in [-0.4, -0.2) is 75.1 Å². The van der Waals surface area contributed by atoms with Gasteiger partial charge in [0, 0.05) is 49.8 Å². The smallest absolute Gasteiger partial charge is 0.320 e. The van der Waals surface area contributed by atoms with E-state index in [0.717, 1.165) is 36.8 Å². The summed E-state index contributed by atoms with van der Waals surface area (Å²) in [6.45, 7) is 2.59. The average molecular weight is 455 g/mol. The number of pyridine rings is 1. The second kappa shape index (κ2) is 10.5. The molecule has 0 bridgehead atoms. The van der Waals surface area contributed by atoms with Gasteiger partial charge in [0.1, 0.15) is 5.82 Å². The van der Waals surface area contributed by atoms with Crippen molar-refractivity contribution < 1.29 is 19.4 Å². The summed E-state index contributed by atoms with van der Waals surface area (Å²) in [7, 11) is 1.46. The summed E-state index contributed by atoms with van der Waals surface area (Å²) in [5.41, 5.74) is 1.58. The quantitative estimate of drug-likeness (QED) is 0.502. The van der Waals surface area contributed by atoms with E-state index in [2.05, 4.69) is 20.3 Å². The number of urea groups is 1. The third kappa shape index (κ3) is 6.09. The molecule has 1 aliphatic carbocycles. The lowest BCUT2D eigenvalue weighted by Gasteiger charge is -2.27. The molecular weight excluding hydrogens is 424 g/mol. The molecule has 10 nitrogen and oxygen atoms in total. The minimum absolute atomic E-state index is 0.162. The molecule has 1 aliphatic heterocycles. The van der Waals surface area contributed by atoms with E-state index in [4.69, 9.17) is 4.74 Å². The summed E-state index contributed by atoms with van der Waals surface area (Å²) in [4.78, 5) is 40.7. The molecule has 2 aromatic heterocycles.